The second-order valence-electron chi connectivity index (χ2n) is 3.61. The van der Waals surface area contributed by atoms with Gasteiger partial charge < -0.3 is 15.7 Å². The number of halogens is 1. The smallest absolute Gasteiger partial charge is 0.323 e. The molecule has 0 aliphatic carbocycles. The van der Waals surface area contributed by atoms with Gasteiger partial charge in [-0.05, 0) is 30.3 Å². The van der Waals surface area contributed by atoms with E-state index in [9.17, 15) is 9.90 Å². The van der Waals surface area contributed by atoms with Crippen molar-refractivity contribution in [2.24, 2.45) is 0 Å². The van der Waals surface area contributed by atoms with Crippen molar-refractivity contribution in [2.45, 2.75) is 0 Å². The van der Waals surface area contributed by atoms with Crippen molar-refractivity contribution in [3.8, 4) is 5.75 Å². The highest BCUT2D eigenvalue weighted by molar-refractivity contribution is 6.32. The Morgan fingerprint density at radius 2 is 1.67 bits per heavy atom. The van der Waals surface area contributed by atoms with Gasteiger partial charge in [-0.1, -0.05) is 29.8 Å². The number of amides is 2. The molecule has 0 heterocycles. The molecule has 0 aliphatic rings. The van der Waals surface area contributed by atoms with Crippen LogP contribution in [0.2, 0.25) is 5.02 Å². The van der Waals surface area contributed by atoms with E-state index in [1.165, 1.54) is 12.1 Å². The fraction of sp³-hybridized carbons (Fsp3) is 0. The van der Waals surface area contributed by atoms with E-state index in [4.69, 9.17) is 11.6 Å². The number of urea groups is 1. The van der Waals surface area contributed by atoms with Crippen molar-refractivity contribution < 1.29 is 9.90 Å². The van der Waals surface area contributed by atoms with Gasteiger partial charge in [-0.15, -0.1) is 0 Å². The minimum Gasteiger partial charge on any atom is -0.506 e. The molecule has 0 radical (unpaired) electrons. The van der Waals surface area contributed by atoms with Gasteiger partial charge in [-0.2, -0.15) is 0 Å². The first-order valence-electron chi connectivity index (χ1n) is 5.27. The second-order valence-corrected chi connectivity index (χ2v) is 4.02. The van der Waals surface area contributed by atoms with Crippen LogP contribution in [0.3, 0.4) is 0 Å². The minimum absolute atomic E-state index is 0.0225. The Kier molecular flexibility index (Phi) is 3.69. The number of benzene rings is 2. The van der Waals surface area contributed by atoms with Crippen molar-refractivity contribution in [3.05, 3.63) is 53.6 Å². The van der Waals surface area contributed by atoms with Crippen molar-refractivity contribution in [1.82, 2.24) is 0 Å². The Morgan fingerprint density at radius 3 is 2.33 bits per heavy atom. The number of rotatable bonds is 2. The molecule has 0 fully saturated rings. The quantitative estimate of drug-likeness (QED) is 0.723. The standard InChI is InChI=1S/C13H11ClN2O2/c14-11-8-10(6-7-12(11)17)16-13(18)15-9-4-2-1-3-5-9/h1-8,17H,(H2,15,16,18). The van der Waals surface area contributed by atoms with Gasteiger partial charge in [0.1, 0.15) is 5.75 Å². The van der Waals surface area contributed by atoms with Crippen molar-refractivity contribution in [3.63, 3.8) is 0 Å². The molecule has 4 nitrogen and oxygen atoms in total. The molecule has 0 saturated carbocycles. The summed E-state index contributed by atoms with van der Waals surface area (Å²) >= 11 is 5.74. The Balaban J connectivity index is 2.01. The van der Waals surface area contributed by atoms with E-state index < -0.39 is 0 Å². The van der Waals surface area contributed by atoms with Crippen LogP contribution in [-0.2, 0) is 0 Å². The number of carbonyl (C=O) groups excluding carboxylic acids is 1. The van der Waals surface area contributed by atoms with Crippen LogP contribution >= 0.6 is 11.6 Å². The third-order valence-corrected chi connectivity index (χ3v) is 2.54. The summed E-state index contributed by atoms with van der Waals surface area (Å²) in [6, 6.07) is 13.2. The van der Waals surface area contributed by atoms with E-state index in [1.807, 2.05) is 18.2 Å². The first kappa shape index (κ1) is 12.3. The Labute approximate surface area is 109 Å². The molecule has 92 valence electrons. The molecule has 0 atom stereocenters. The van der Waals surface area contributed by atoms with E-state index in [0.717, 1.165) is 0 Å². The topological polar surface area (TPSA) is 61.4 Å². The lowest BCUT2D eigenvalue weighted by atomic mass is 10.3. The number of anilines is 2. The molecule has 0 saturated heterocycles. The molecular formula is C13H11ClN2O2. The van der Waals surface area contributed by atoms with Gasteiger partial charge in [0, 0.05) is 11.4 Å². The van der Waals surface area contributed by atoms with Crippen LogP contribution in [0.5, 0.6) is 5.75 Å². The fourth-order valence-corrected chi connectivity index (χ4v) is 1.58. The molecule has 2 aromatic carbocycles. The third-order valence-electron chi connectivity index (χ3n) is 2.24. The Hall–Kier alpha value is -2.20. The van der Waals surface area contributed by atoms with E-state index in [-0.39, 0.29) is 16.8 Å². The maximum absolute atomic E-state index is 11.7. The highest BCUT2D eigenvalue weighted by Gasteiger charge is 2.04. The van der Waals surface area contributed by atoms with E-state index >= 15 is 0 Å². The second kappa shape index (κ2) is 5.42. The number of phenolic OH excluding ortho intramolecular Hbond substituents is 1. The van der Waals surface area contributed by atoms with Crippen molar-refractivity contribution in [1.29, 1.82) is 0 Å². The number of carbonyl (C=O) groups is 1. The summed E-state index contributed by atoms with van der Waals surface area (Å²) in [6.07, 6.45) is 0. The summed E-state index contributed by atoms with van der Waals surface area (Å²) in [6.45, 7) is 0. The number of hydrogen-bond acceptors (Lipinski definition) is 2. The number of nitrogens with one attached hydrogen (secondary N) is 2. The van der Waals surface area contributed by atoms with Crippen LogP contribution in [-0.4, -0.2) is 11.1 Å². The normalized spacial score (nSPS) is 9.83. The zero-order valence-electron chi connectivity index (χ0n) is 9.35. The molecule has 0 aromatic heterocycles. The van der Waals surface area contributed by atoms with Gasteiger partial charge in [0.15, 0.2) is 0 Å². The largest absolute Gasteiger partial charge is 0.506 e. The minimum atomic E-state index is -0.372. The van der Waals surface area contributed by atoms with E-state index in [0.29, 0.717) is 11.4 Å². The van der Waals surface area contributed by atoms with Gasteiger partial charge in [0.25, 0.3) is 0 Å². The zero-order valence-corrected chi connectivity index (χ0v) is 10.1. The monoisotopic (exact) mass is 262 g/mol. The van der Waals surface area contributed by atoms with Gasteiger partial charge in [-0.25, -0.2) is 4.79 Å². The number of phenols is 1. The predicted molar refractivity (Wildman–Crippen MR) is 72.2 cm³/mol. The van der Waals surface area contributed by atoms with Crippen LogP contribution in [0.15, 0.2) is 48.5 Å². The van der Waals surface area contributed by atoms with Gasteiger partial charge in [-0.3, -0.25) is 0 Å². The average Bonchev–Trinajstić information content (AvgIpc) is 2.35. The van der Waals surface area contributed by atoms with Crippen LogP contribution < -0.4 is 10.6 Å². The molecule has 2 rings (SSSR count). The molecule has 2 amide bonds. The van der Waals surface area contributed by atoms with Gasteiger partial charge in [0.05, 0.1) is 5.02 Å². The molecule has 18 heavy (non-hydrogen) atoms. The highest BCUT2D eigenvalue weighted by atomic mass is 35.5. The molecule has 5 heteroatoms. The van der Waals surface area contributed by atoms with Crippen LogP contribution in [0.4, 0.5) is 16.2 Å². The van der Waals surface area contributed by atoms with Crippen LogP contribution in [0.25, 0.3) is 0 Å². The molecule has 2 aromatic rings. The summed E-state index contributed by atoms with van der Waals surface area (Å²) in [7, 11) is 0. The molecule has 0 aliphatic heterocycles. The molecule has 0 spiro atoms. The Bertz CT molecular complexity index is 558. The first-order chi connectivity index (χ1) is 8.65. The Morgan fingerprint density at radius 1 is 1.00 bits per heavy atom. The average molecular weight is 263 g/mol. The fourth-order valence-electron chi connectivity index (χ4n) is 1.40. The number of aromatic hydroxyl groups is 1. The summed E-state index contributed by atoms with van der Waals surface area (Å²) < 4.78 is 0. The highest BCUT2D eigenvalue weighted by Crippen LogP contribution is 2.26. The predicted octanol–water partition coefficient (Wildman–Crippen LogP) is 3.69. The van der Waals surface area contributed by atoms with Crippen LogP contribution in [0, 0.1) is 0 Å². The number of para-hydroxylation sites is 1. The first-order valence-corrected chi connectivity index (χ1v) is 5.64. The van der Waals surface area contributed by atoms with Gasteiger partial charge in [0.2, 0.25) is 0 Å². The molecule has 3 N–H and O–H groups in total. The maximum Gasteiger partial charge on any atom is 0.323 e. The lowest BCUT2D eigenvalue weighted by Gasteiger charge is -2.08. The third kappa shape index (κ3) is 3.15. The maximum atomic E-state index is 11.7. The molecule has 0 bridgehead atoms. The summed E-state index contributed by atoms with van der Waals surface area (Å²) in [5.74, 6) is -0.0225. The lowest BCUT2D eigenvalue weighted by Crippen LogP contribution is -2.19. The summed E-state index contributed by atoms with van der Waals surface area (Å²) in [5, 5.41) is 14.7. The number of hydrogen-bond donors (Lipinski definition) is 3. The SMILES string of the molecule is O=C(Nc1ccccc1)Nc1ccc(O)c(Cl)c1. The van der Waals surface area contributed by atoms with Crippen molar-refractivity contribution >= 4 is 29.0 Å². The van der Waals surface area contributed by atoms with Crippen LogP contribution in [0.1, 0.15) is 0 Å². The summed E-state index contributed by atoms with van der Waals surface area (Å²) in [4.78, 5) is 11.7. The van der Waals surface area contributed by atoms with Gasteiger partial charge >= 0.3 is 6.03 Å². The molecule has 0 unspecified atom stereocenters. The lowest BCUT2D eigenvalue weighted by molar-refractivity contribution is 0.262. The van der Waals surface area contributed by atoms with E-state index in [2.05, 4.69) is 10.6 Å². The van der Waals surface area contributed by atoms with Crippen molar-refractivity contribution in [2.75, 3.05) is 10.6 Å². The summed E-state index contributed by atoms with van der Waals surface area (Å²) in [5.41, 5.74) is 1.20. The van der Waals surface area contributed by atoms with E-state index in [1.54, 1.807) is 18.2 Å². The molecular weight excluding hydrogens is 252 g/mol. The zero-order chi connectivity index (χ0) is 13.0.